The van der Waals surface area contributed by atoms with E-state index < -0.39 is 17.5 Å². The molecule has 0 radical (unpaired) electrons. The summed E-state index contributed by atoms with van der Waals surface area (Å²) in [5, 5.41) is 20.5. The molecular weight excluding hydrogens is 420 g/mol. The number of carbonyl (C=O) groups excluding carboxylic acids is 1. The molecule has 0 saturated carbocycles. The van der Waals surface area contributed by atoms with Crippen molar-refractivity contribution in [3.63, 3.8) is 0 Å². The molecule has 1 heterocycles. The smallest absolute Gasteiger partial charge is 0.293 e. The maximum absolute atomic E-state index is 12.6. The topological polar surface area (TPSA) is 104 Å². The molecule has 0 bridgehead atoms. The Hall–Kier alpha value is -2.72. The zero-order valence-electron chi connectivity index (χ0n) is 18.6. The number of rotatable bonds is 10. The van der Waals surface area contributed by atoms with Crippen LogP contribution in [0.15, 0.2) is 36.5 Å². The number of nitrogens with one attached hydrogen (secondary N) is 2. The molecule has 0 unspecified atom stereocenters. The Morgan fingerprint density at radius 1 is 1.25 bits per heavy atom. The first-order chi connectivity index (χ1) is 15.4. The number of aromatic nitrogens is 1. The molecule has 4 N–H and O–H groups in total. The van der Waals surface area contributed by atoms with E-state index in [2.05, 4.69) is 10.3 Å². The van der Waals surface area contributed by atoms with Crippen molar-refractivity contribution in [1.29, 1.82) is 0 Å². The lowest BCUT2D eigenvalue weighted by Gasteiger charge is -2.13. The minimum absolute atomic E-state index is 0.0199. The SMILES string of the molecule is C/C=C(/CNCCOCCO)c1cc(C(=O)NO)ncc1C.CCc1ccc(F)cc1F. The van der Waals surface area contributed by atoms with Gasteiger partial charge in [-0.05, 0) is 54.7 Å². The predicted molar refractivity (Wildman–Crippen MR) is 118 cm³/mol. The van der Waals surface area contributed by atoms with Crippen LogP contribution in [0.3, 0.4) is 0 Å². The molecule has 0 atom stereocenters. The third-order valence-corrected chi connectivity index (χ3v) is 4.50. The van der Waals surface area contributed by atoms with E-state index in [-0.39, 0.29) is 12.3 Å². The molecular formula is C23H31F2N3O4. The maximum atomic E-state index is 12.6. The van der Waals surface area contributed by atoms with Crippen LogP contribution in [0.2, 0.25) is 0 Å². The highest BCUT2D eigenvalue weighted by atomic mass is 19.1. The van der Waals surface area contributed by atoms with Gasteiger partial charge >= 0.3 is 0 Å². The first-order valence-corrected chi connectivity index (χ1v) is 10.3. The molecule has 1 aromatic carbocycles. The average Bonchev–Trinajstić information content (AvgIpc) is 2.79. The molecule has 0 aliphatic heterocycles. The second-order valence-corrected chi connectivity index (χ2v) is 6.74. The van der Waals surface area contributed by atoms with Crippen LogP contribution in [0.5, 0.6) is 0 Å². The number of hydrogen-bond acceptors (Lipinski definition) is 6. The van der Waals surface area contributed by atoms with Gasteiger partial charge in [-0.2, -0.15) is 0 Å². The fourth-order valence-corrected chi connectivity index (χ4v) is 2.75. The van der Waals surface area contributed by atoms with Gasteiger partial charge in [-0.15, -0.1) is 0 Å². The number of hydrogen-bond donors (Lipinski definition) is 4. The Kier molecular flexibility index (Phi) is 12.9. The number of nitrogens with zero attached hydrogens (tertiary/aromatic N) is 1. The standard InChI is InChI=1S/C15H23N3O4.C8H8F2/c1-3-12(10-16-4-6-22-7-5-19)13-8-14(15(20)18-21)17-9-11(13)2;1-2-6-3-4-7(9)5-8(6)10/h3,8-9,16,19,21H,4-7,10H2,1-2H3,(H,18,20);3-5H,2H2,1H3/b12-3-;. The van der Waals surface area contributed by atoms with Gasteiger partial charge in [0.25, 0.3) is 5.91 Å². The summed E-state index contributed by atoms with van der Waals surface area (Å²) in [6, 6.07) is 5.28. The average molecular weight is 452 g/mol. The summed E-state index contributed by atoms with van der Waals surface area (Å²) < 4.78 is 30.0. The molecule has 2 aromatic rings. The highest BCUT2D eigenvalue weighted by Gasteiger charge is 2.11. The number of halogens is 2. The Morgan fingerprint density at radius 3 is 2.59 bits per heavy atom. The predicted octanol–water partition coefficient (Wildman–Crippen LogP) is 3.04. The van der Waals surface area contributed by atoms with Crippen molar-refractivity contribution in [2.24, 2.45) is 0 Å². The highest BCUT2D eigenvalue weighted by molar-refractivity contribution is 5.92. The van der Waals surface area contributed by atoms with Crippen LogP contribution < -0.4 is 10.8 Å². The monoisotopic (exact) mass is 451 g/mol. The van der Waals surface area contributed by atoms with Gasteiger partial charge in [0.15, 0.2) is 0 Å². The molecule has 0 spiro atoms. The fraction of sp³-hybridized carbons (Fsp3) is 0.391. The number of aliphatic hydroxyl groups excluding tert-OH is 1. The molecule has 0 saturated heterocycles. The maximum Gasteiger partial charge on any atom is 0.293 e. The van der Waals surface area contributed by atoms with Crippen molar-refractivity contribution < 1.29 is 28.6 Å². The van der Waals surface area contributed by atoms with E-state index >= 15 is 0 Å². The minimum atomic E-state index is -0.637. The van der Waals surface area contributed by atoms with Gasteiger partial charge in [-0.3, -0.25) is 15.0 Å². The molecule has 7 nitrogen and oxygen atoms in total. The molecule has 32 heavy (non-hydrogen) atoms. The van der Waals surface area contributed by atoms with Crippen molar-refractivity contribution in [3.05, 3.63) is 70.6 Å². The molecule has 2 rings (SSSR count). The van der Waals surface area contributed by atoms with Gasteiger partial charge < -0.3 is 15.2 Å². The number of amides is 1. The van der Waals surface area contributed by atoms with Crippen molar-refractivity contribution in [3.8, 4) is 0 Å². The zero-order valence-corrected chi connectivity index (χ0v) is 18.6. The zero-order chi connectivity index (χ0) is 23.9. The summed E-state index contributed by atoms with van der Waals surface area (Å²) in [5.41, 5.74) is 5.17. The summed E-state index contributed by atoms with van der Waals surface area (Å²) in [6.07, 6.45) is 4.17. The Morgan fingerprint density at radius 2 is 2.00 bits per heavy atom. The van der Waals surface area contributed by atoms with Gasteiger partial charge in [-0.1, -0.05) is 19.1 Å². The van der Waals surface area contributed by atoms with E-state index in [0.717, 1.165) is 22.8 Å². The van der Waals surface area contributed by atoms with E-state index in [0.29, 0.717) is 38.3 Å². The van der Waals surface area contributed by atoms with Gasteiger partial charge in [0, 0.05) is 25.4 Å². The fourth-order valence-electron chi connectivity index (χ4n) is 2.75. The number of allylic oxidation sites excluding steroid dienone is 1. The van der Waals surface area contributed by atoms with Gasteiger partial charge in [0.2, 0.25) is 0 Å². The van der Waals surface area contributed by atoms with E-state index in [4.69, 9.17) is 15.1 Å². The lowest BCUT2D eigenvalue weighted by molar-refractivity contribution is 0.0700. The summed E-state index contributed by atoms with van der Waals surface area (Å²) in [7, 11) is 0. The number of ether oxygens (including phenoxy) is 1. The molecule has 0 aliphatic carbocycles. The normalized spacial score (nSPS) is 11.0. The molecule has 1 amide bonds. The van der Waals surface area contributed by atoms with Gasteiger partial charge in [0.1, 0.15) is 17.3 Å². The van der Waals surface area contributed by atoms with Crippen molar-refractivity contribution in [2.75, 3.05) is 32.9 Å². The van der Waals surface area contributed by atoms with E-state index in [1.807, 2.05) is 26.8 Å². The minimum Gasteiger partial charge on any atom is -0.394 e. The number of aliphatic hydroxyl groups is 1. The van der Waals surface area contributed by atoms with Crippen molar-refractivity contribution in [1.82, 2.24) is 15.8 Å². The van der Waals surface area contributed by atoms with E-state index in [1.165, 1.54) is 12.1 Å². The lowest BCUT2D eigenvalue weighted by Crippen LogP contribution is -2.23. The van der Waals surface area contributed by atoms with Crippen molar-refractivity contribution >= 4 is 11.5 Å². The van der Waals surface area contributed by atoms with Crippen LogP contribution in [0, 0.1) is 18.6 Å². The molecule has 9 heteroatoms. The Labute approximate surface area is 187 Å². The van der Waals surface area contributed by atoms with Gasteiger partial charge in [0.05, 0.1) is 19.8 Å². The summed E-state index contributed by atoms with van der Waals surface area (Å²) in [4.78, 5) is 15.4. The quantitative estimate of drug-likeness (QED) is 0.252. The van der Waals surface area contributed by atoms with Crippen LogP contribution in [-0.4, -0.2) is 54.1 Å². The third kappa shape index (κ3) is 9.19. The first-order valence-electron chi connectivity index (χ1n) is 10.3. The lowest BCUT2D eigenvalue weighted by atomic mass is 10.0. The number of carbonyl (C=O) groups is 1. The largest absolute Gasteiger partial charge is 0.394 e. The summed E-state index contributed by atoms with van der Waals surface area (Å²) in [6.45, 7) is 7.81. The second-order valence-electron chi connectivity index (χ2n) is 6.74. The van der Waals surface area contributed by atoms with E-state index in [1.54, 1.807) is 17.7 Å². The molecule has 0 fully saturated rings. The Bertz CT molecular complexity index is 892. The van der Waals surface area contributed by atoms with Crippen LogP contribution >= 0.6 is 0 Å². The van der Waals surface area contributed by atoms with Crippen LogP contribution in [0.1, 0.15) is 41.0 Å². The van der Waals surface area contributed by atoms with Crippen LogP contribution in [0.25, 0.3) is 5.57 Å². The number of pyridine rings is 1. The van der Waals surface area contributed by atoms with E-state index in [9.17, 15) is 13.6 Å². The highest BCUT2D eigenvalue weighted by Crippen LogP contribution is 2.18. The summed E-state index contributed by atoms with van der Waals surface area (Å²) >= 11 is 0. The number of aryl methyl sites for hydroxylation is 2. The molecule has 0 aliphatic rings. The third-order valence-electron chi connectivity index (χ3n) is 4.50. The first kappa shape index (κ1) is 27.3. The second kappa shape index (κ2) is 15.1. The molecule has 176 valence electrons. The summed E-state index contributed by atoms with van der Waals surface area (Å²) in [5.74, 6) is -1.61. The van der Waals surface area contributed by atoms with Crippen LogP contribution in [-0.2, 0) is 11.2 Å². The Balaban J connectivity index is 0.000000425. The van der Waals surface area contributed by atoms with Crippen molar-refractivity contribution in [2.45, 2.75) is 27.2 Å². The van der Waals surface area contributed by atoms with Gasteiger partial charge in [-0.25, -0.2) is 14.3 Å². The number of hydroxylamine groups is 1. The number of benzene rings is 1. The van der Waals surface area contributed by atoms with Crippen LogP contribution in [0.4, 0.5) is 8.78 Å². The molecule has 1 aromatic heterocycles.